The zero-order valence-electron chi connectivity index (χ0n) is 1.86. The van der Waals surface area contributed by atoms with E-state index >= 15 is 0 Å². The molecule has 0 atom stereocenters. The Morgan fingerprint density at radius 3 is 1.00 bits per heavy atom. The van der Waals surface area contributed by atoms with Gasteiger partial charge in [-0.1, -0.05) is 0 Å². The zero-order chi connectivity index (χ0) is 0. The molecule has 0 N–H and O–H groups in total. The molecule has 0 aromatic carbocycles. The van der Waals surface area contributed by atoms with Crippen molar-refractivity contribution in [2.45, 2.75) is 0 Å². The quantitative estimate of drug-likeness (QED) is 0.291. The van der Waals surface area contributed by atoms with Crippen LogP contribution in [-0.2, 0) is 0 Å². The first-order chi connectivity index (χ1) is 0. The summed E-state index contributed by atoms with van der Waals surface area (Å²) in [6.45, 7) is 0. The Hall–Kier alpha value is 3.14. The van der Waals surface area contributed by atoms with E-state index in [-0.39, 0.29) is 94.8 Å². The maximum Gasteiger partial charge on any atom is 0 e. The summed E-state index contributed by atoms with van der Waals surface area (Å²) in [5.74, 6) is 0. The Morgan fingerprint density at radius 1 is 1.00 bits per heavy atom. The van der Waals surface area contributed by atoms with E-state index in [1.807, 2.05) is 0 Å². The van der Waals surface area contributed by atoms with Crippen molar-refractivity contribution in [3.05, 3.63) is 0 Å². The molecule has 0 unspecified atom stereocenters. The molecule has 0 fully saturated rings. The third-order valence-electron chi connectivity index (χ3n) is 0. The number of hydrogen-bond acceptors (Lipinski definition) is 0. The minimum atomic E-state index is 0. The molecule has 0 aromatic heterocycles. The fourth-order valence-corrected chi connectivity index (χ4v) is 0. The fourth-order valence-electron chi connectivity index (χ4n) is 0. The number of rotatable bonds is 0. The van der Waals surface area contributed by atoms with Gasteiger partial charge in [-0.25, -0.2) is 0 Å². The molecule has 0 bridgehead atoms. The van der Waals surface area contributed by atoms with Gasteiger partial charge < -0.3 is 0 Å². The van der Waals surface area contributed by atoms with E-state index in [9.17, 15) is 0 Å². The molecule has 0 spiro atoms. The molecule has 19 valence electrons. The fraction of sp³-hybridized carbons (Fsp3) is 0. The smallest absolute Gasteiger partial charge is 0 e. The predicted octanol–water partition coefficient (Wildman–Crippen LogP) is -1.52. The van der Waals surface area contributed by atoms with Gasteiger partial charge in [0.25, 0.3) is 0 Å². The van der Waals surface area contributed by atoms with Gasteiger partial charge in [0, 0.05) is 94.8 Å². The first kappa shape index (κ1) is 27.3. The van der Waals surface area contributed by atoms with E-state index in [0.29, 0.717) is 0 Å². The van der Waals surface area contributed by atoms with E-state index in [2.05, 4.69) is 0 Å². The summed E-state index contributed by atoms with van der Waals surface area (Å²) in [5.41, 5.74) is 0. The normalized spacial score (nSPS) is 0. The van der Waals surface area contributed by atoms with Crippen LogP contribution in [0.1, 0.15) is 0 Å². The second kappa shape index (κ2) is 16.5. The molecular weight excluding hydrogens is 616 g/mol. The molecule has 4 heavy (non-hydrogen) atoms. The van der Waals surface area contributed by atoms with Gasteiger partial charge in [0.1, 0.15) is 0 Å². The Bertz CT molecular complexity index is 8.00. The van der Waals surface area contributed by atoms with Crippen LogP contribution in [0, 0.1) is 0 Å². The molecule has 0 aliphatic rings. The molecule has 0 saturated heterocycles. The van der Waals surface area contributed by atoms with Crippen LogP contribution >= 0.6 is 0 Å². The summed E-state index contributed by atoms with van der Waals surface area (Å²) in [6, 6.07) is 0. The molecule has 0 rings (SSSR count). The molecule has 13 radical (unpaired) electrons. The van der Waals surface area contributed by atoms with Crippen molar-refractivity contribution < 1.29 is 0 Å². The van der Waals surface area contributed by atoms with Crippen LogP contribution in [0.4, 0.5) is 0 Å². The third-order valence-corrected chi connectivity index (χ3v) is 0. The molecule has 0 nitrogen and oxygen atoms in total. The molecule has 4 heteroatoms. The van der Waals surface area contributed by atoms with Crippen molar-refractivity contribution in [1.82, 2.24) is 0 Å². The minimum Gasteiger partial charge on any atom is 0 e. The number of hydrogen-bond donors (Lipinski definition) is 0. The Kier molecular flexibility index (Phi) is 112. The van der Waals surface area contributed by atoms with Crippen molar-refractivity contribution >= 4 is 94.8 Å². The van der Waals surface area contributed by atoms with Crippen LogP contribution in [0.25, 0.3) is 0 Å². The standard InChI is InChI=1S/Bi.Ge.Pb.Te. The second-order valence-electron chi connectivity index (χ2n) is 0. The van der Waals surface area contributed by atoms with Crippen molar-refractivity contribution in [1.29, 1.82) is 0 Å². The van der Waals surface area contributed by atoms with Gasteiger partial charge in [0.2, 0.25) is 0 Å². The molecule has 0 heterocycles. The van der Waals surface area contributed by atoms with E-state index in [1.54, 1.807) is 0 Å². The van der Waals surface area contributed by atoms with E-state index in [1.165, 1.54) is 0 Å². The van der Waals surface area contributed by atoms with Gasteiger partial charge in [-0.15, -0.1) is 0 Å². The SMILES string of the molecule is [Bi].[Ge].[Pb].[Te]. The molecule has 0 amide bonds. The topological polar surface area (TPSA) is 0 Å². The van der Waals surface area contributed by atoms with Gasteiger partial charge in [0.15, 0.2) is 0 Å². The van der Waals surface area contributed by atoms with Gasteiger partial charge in [0.05, 0.1) is 0 Å². The average Bonchev–Trinajstić information content (AvgIpc) is 0. The molecule has 0 aromatic rings. The van der Waals surface area contributed by atoms with Crippen LogP contribution in [0.2, 0.25) is 0 Å². The summed E-state index contributed by atoms with van der Waals surface area (Å²) >= 11 is 0. The van der Waals surface area contributed by atoms with E-state index in [4.69, 9.17) is 0 Å². The summed E-state index contributed by atoms with van der Waals surface area (Å²) in [6.07, 6.45) is 0. The van der Waals surface area contributed by atoms with Crippen molar-refractivity contribution in [3.63, 3.8) is 0 Å². The van der Waals surface area contributed by atoms with Crippen LogP contribution in [0.3, 0.4) is 0 Å². The maximum absolute atomic E-state index is 0. The minimum absolute atomic E-state index is 0. The van der Waals surface area contributed by atoms with Crippen LogP contribution in [0.15, 0.2) is 0 Å². The summed E-state index contributed by atoms with van der Waals surface area (Å²) in [7, 11) is 0. The van der Waals surface area contributed by atoms with Crippen LogP contribution < -0.4 is 0 Å². The molecular formula is BiGePbTe. The molecule has 0 saturated carbocycles. The first-order valence-corrected chi connectivity index (χ1v) is 0. The van der Waals surface area contributed by atoms with Crippen molar-refractivity contribution in [2.24, 2.45) is 0 Å². The Morgan fingerprint density at radius 2 is 1.00 bits per heavy atom. The van der Waals surface area contributed by atoms with Crippen LogP contribution in [0.5, 0.6) is 0 Å². The average molecular weight is 616 g/mol. The monoisotopic (exact) mass is 621 g/mol. The van der Waals surface area contributed by atoms with Gasteiger partial charge in [-0.3, -0.25) is 0 Å². The van der Waals surface area contributed by atoms with Crippen LogP contribution in [-0.4, -0.2) is 94.8 Å². The van der Waals surface area contributed by atoms with Gasteiger partial charge in [-0.2, -0.15) is 0 Å². The molecule has 0 aliphatic carbocycles. The zero-order valence-corrected chi connectivity index (χ0v) is 13.6. The van der Waals surface area contributed by atoms with Crippen molar-refractivity contribution in [3.8, 4) is 0 Å². The van der Waals surface area contributed by atoms with E-state index in [0.717, 1.165) is 0 Å². The largest absolute Gasteiger partial charge is 0 e. The third kappa shape index (κ3) is 8.93. The Labute approximate surface area is 92.8 Å². The maximum atomic E-state index is 0. The van der Waals surface area contributed by atoms with Gasteiger partial charge in [-0.05, 0) is 0 Å². The van der Waals surface area contributed by atoms with Crippen molar-refractivity contribution in [2.75, 3.05) is 0 Å². The summed E-state index contributed by atoms with van der Waals surface area (Å²) in [4.78, 5) is 0. The summed E-state index contributed by atoms with van der Waals surface area (Å²) in [5, 5.41) is 0. The first-order valence-electron chi connectivity index (χ1n) is 0. The predicted molar refractivity (Wildman–Crippen MR) is 23.0 cm³/mol. The Balaban J connectivity index is 0. The van der Waals surface area contributed by atoms with Gasteiger partial charge >= 0.3 is 0 Å². The summed E-state index contributed by atoms with van der Waals surface area (Å²) < 4.78 is 0. The van der Waals surface area contributed by atoms with E-state index < -0.39 is 0 Å². The second-order valence-corrected chi connectivity index (χ2v) is 0. The molecule has 0 aliphatic heterocycles.